The molecule has 96 valence electrons. The Hall–Kier alpha value is -0.800. The van der Waals surface area contributed by atoms with Crippen LogP contribution in [0.15, 0.2) is 18.2 Å². The predicted molar refractivity (Wildman–Crippen MR) is 69.2 cm³/mol. The van der Waals surface area contributed by atoms with Gasteiger partial charge in [0, 0.05) is 11.9 Å². The highest BCUT2D eigenvalue weighted by molar-refractivity contribution is 6.20. The van der Waals surface area contributed by atoms with Crippen molar-refractivity contribution in [2.24, 2.45) is 0 Å². The van der Waals surface area contributed by atoms with Crippen LogP contribution in [0.4, 0.5) is 4.39 Å². The Balaban J connectivity index is 2.34. The van der Waals surface area contributed by atoms with Gasteiger partial charge in [0.2, 0.25) is 0 Å². The third-order valence-corrected chi connectivity index (χ3v) is 3.15. The molecule has 0 spiro atoms. The molecule has 0 radical (unpaired) electrons. The van der Waals surface area contributed by atoms with E-state index < -0.39 is 0 Å². The van der Waals surface area contributed by atoms with Crippen LogP contribution in [0.1, 0.15) is 25.3 Å². The van der Waals surface area contributed by atoms with Gasteiger partial charge in [-0.1, -0.05) is 13.0 Å². The number of alkyl halides is 1. The van der Waals surface area contributed by atoms with Gasteiger partial charge in [-0.05, 0) is 37.1 Å². The lowest BCUT2D eigenvalue weighted by molar-refractivity contribution is 0.386. The van der Waals surface area contributed by atoms with Gasteiger partial charge in [-0.15, -0.1) is 11.6 Å². The highest BCUT2D eigenvalue weighted by Crippen LogP contribution is 2.17. The van der Waals surface area contributed by atoms with Crippen molar-refractivity contribution in [3.05, 3.63) is 29.6 Å². The van der Waals surface area contributed by atoms with Gasteiger partial charge in [0.05, 0.1) is 7.11 Å². The van der Waals surface area contributed by atoms with Gasteiger partial charge >= 0.3 is 0 Å². The Morgan fingerprint density at radius 2 is 2.24 bits per heavy atom. The summed E-state index contributed by atoms with van der Waals surface area (Å²) in [6.45, 7) is 3.56. The Morgan fingerprint density at radius 1 is 1.47 bits per heavy atom. The molecule has 1 atom stereocenters. The molecule has 0 heterocycles. The second-order valence-corrected chi connectivity index (χ2v) is 4.56. The third-order valence-electron chi connectivity index (χ3n) is 2.62. The number of halogens is 2. The first kappa shape index (κ1) is 14.3. The zero-order chi connectivity index (χ0) is 12.7. The molecule has 0 saturated carbocycles. The summed E-state index contributed by atoms with van der Waals surface area (Å²) in [4.78, 5) is 0. The second kappa shape index (κ2) is 7.51. The van der Waals surface area contributed by atoms with E-state index in [4.69, 9.17) is 16.3 Å². The lowest BCUT2D eigenvalue weighted by atomic mass is 10.2. The molecule has 17 heavy (non-hydrogen) atoms. The van der Waals surface area contributed by atoms with Crippen molar-refractivity contribution in [2.45, 2.75) is 31.7 Å². The lowest BCUT2D eigenvalue weighted by Crippen LogP contribution is -2.17. The fourth-order valence-corrected chi connectivity index (χ4v) is 1.62. The first-order valence-corrected chi connectivity index (χ1v) is 6.28. The fraction of sp³-hybridized carbons (Fsp3) is 0.538. The van der Waals surface area contributed by atoms with E-state index in [9.17, 15) is 4.39 Å². The van der Waals surface area contributed by atoms with Crippen LogP contribution >= 0.6 is 11.6 Å². The second-order valence-electron chi connectivity index (χ2n) is 3.94. The van der Waals surface area contributed by atoms with Crippen molar-refractivity contribution >= 4 is 11.6 Å². The molecule has 4 heteroatoms. The van der Waals surface area contributed by atoms with E-state index in [1.807, 2.05) is 6.07 Å². The van der Waals surface area contributed by atoms with Crippen LogP contribution in [0.2, 0.25) is 0 Å². The van der Waals surface area contributed by atoms with Crippen LogP contribution in [0, 0.1) is 5.82 Å². The van der Waals surface area contributed by atoms with Crippen molar-refractivity contribution < 1.29 is 9.13 Å². The van der Waals surface area contributed by atoms with Gasteiger partial charge in [0.1, 0.15) is 0 Å². The average molecular weight is 260 g/mol. The van der Waals surface area contributed by atoms with E-state index >= 15 is 0 Å². The topological polar surface area (TPSA) is 21.3 Å². The summed E-state index contributed by atoms with van der Waals surface area (Å²) < 4.78 is 18.2. The number of ether oxygens (including phenoxy) is 1. The maximum atomic E-state index is 13.4. The standard InChI is InChI=1S/C13H19ClFNO/c1-3-11(14)6-7-16-9-10-4-5-13(17-2)12(15)8-10/h4-5,8,11,16H,3,6-7,9H2,1-2H3. The number of nitrogens with one attached hydrogen (secondary N) is 1. The van der Waals surface area contributed by atoms with Crippen molar-refractivity contribution in [1.29, 1.82) is 0 Å². The largest absolute Gasteiger partial charge is 0.494 e. The summed E-state index contributed by atoms with van der Waals surface area (Å²) in [6, 6.07) is 4.99. The molecule has 0 amide bonds. The lowest BCUT2D eigenvalue weighted by Gasteiger charge is -2.09. The van der Waals surface area contributed by atoms with Gasteiger partial charge < -0.3 is 10.1 Å². The Kier molecular flexibility index (Phi) is 6.30. The number of hydrogen-bond acceptors (Lipinski definition) is 2. The van der Waals surface area contributed by atoms with Crippen LogP contribution < -0.4 is 10.1 Å². The quantitative estimate of drug-likeness (QED) is 0.599. The van der Waals surface area contributed by atoms with E-state index in [1.165, 1.54) is 13.2 Å². The number of methoxy groups -OCH3 is 1. The van der Waals surface area contributed by atoms with E-state index in [2.05, 4.69) is 12.2 Å². The minimum atomic E-state index is -0.324. The Morgan fingerprint density at radius 3 is 2.82 bits per heavy atom. The monoisotopic (exact) mass is 259 g/mol. The first-order chi connectivity index (χ1) is 8.17. The van der Waals surface area contributed by atoms with E-state index in [0.717, 1.165) is 24.9 Å². The first-order valence-electron chi connectivity index (χ1n) is 5.84. The molecule has 1 aromatic rings. The molecule has 1 rings (SSSR count). The van der Waals surface area contributed by atoms with Gasteiger partial charge in [-0.3, -0.25) is 0 Å². The average Bonchev–Trinajstić information content (AvgIpc) is 2.34. The maximum absolute atomic E-state index is 13.4. The summed E-state index contributed by atoms with van der Waals surface area (Å²) in [7, 11) is 1.46. The third kappa shape index (κ3) is 4.92. The van der Waals surface area contributed by atoms with E-state index in [-0.39, 0.29) is 16.9 Å². The minimum Gasteiger partial charge on any atom is -0.494 e. The molecule has 0 saturated heterocycles. The molecule has 0 fully saturated rings. The Bertz CT molecular complexity index is 346. The molecule has 0 aromatic heterocycles. The van der Waals surface area contributed by atoms with Crippen molar-refractivity contribution in [2.75, 3.05) is 13.7 Å². The van der Waals surface area contributed by atoms with Gasteiger partial charge in [-0.25, -0.2) is 4.39 Å². The van der Waals surface area contributed by atoms with Gasteiger partial charge in [0.25, 0.3) is 0 Å². The van der Waals surface area contributed by atoms with Crippen LogP contribution in [-0.4, -0.2) is 19.0 Å². The highest BCUT2D eigenvalue weighted by atomic mass is 35.5. The van der Waals surface area contributed by atoms with Crippen molar-refractivity contribution in [1.82, 2.24) is 5.32 Å². The Labute approximate surface area is 107 Å². The predicted octanol–water partition coefficient (Wildman–Crippen LogP) is 3.33. The summed E-state index contributed by atoms with van der Waals surface area (Å²) in [5.41, 5.74) is 0.908. The van der Waals surface area contributed by atoms with E-state index in [1.54, 1.807) is 6.07 Å². The molecule has 1 unspecified atom stereocenters. The van der Waals surface area contributed by atoms with E-state index in [0.29, 0.717) is 6.54 Å². The SMILES string of the molecule is CCC(Cl)CCNCc1ccc(OC)c(F)c1. The summed E-state index contributed by atoms with van der Waals surface area (Å²) in [6.07, 6.45) is 1.90. The van der Waals surface area contributed by atoms with Gasteiger partial charge in [0.15, 0.2) is 11.6 Å². The van der Waals surface area contributed by atoms with Crippen LogP contribution in [0.25, 0.3) is 0 Å². The highest BCUT2D eigenvalue weighted by Gasteiger charge is 2.04. The zero-order valence-corrected chi connectivity index (χ0v) is 11.1. The van der Waals surface area contributed by atoms with Crippen molar-refractivity contribution in [3.8, 4) is 5.75 Å². The van der Waals surface area contributed by atoms with Crippen molar-refractivity contribution in [3.63, 3.8) is 0 Å². The molecule has 1 aromatic carbocycles. The van der Waals surface area contributed by atoms with Crippen LogP contribution in [-0.2, 0) is 6.54 Å². The van der Waals surface area contributed by atoms with Crippen LogP contribution in [0.5, 0.6) is 5.75 Å². The summed E-state index contributed by atoms with van der Waals surface area (Å²) in [5.74, 6) is -0.0452. The molecule has 0 aliphatic rings. The zero-order valence-electron chi connectivity index (χ0n) is 10.3. The molecule has 1 N–H and O–H groups in total. The minimum absolute atomic E-state index is 0.218. The molecular weight excluding hydrogens is 241 g/mol. The normalized spacial score (nSPS) is 12.5. The number of hydrogen-bond donors (Lipinski definition) is 1. The van der Waals surface area contributed by atoms with Gasteiger partial charge in [-0.2, -0.15) is 0 Å². The molecule has 0 aliphatic carbocycles. The molecule has 0 bridgehead atoms. The smallest absolute Gasteiger partial charge is 0.165 e. The summed E-state index contributed by atoms with van der Waals surface area (Å²) in [5, 5.41) is 3.46. The van der Waals surface area contributed by atoms with Crippen LogP contribution in [0.3, 0.4) is 0 Å². The number of rotatable bonds is 7. The molecule has 2 nitrogen and oxygen atoms in total. The molecule has 0 aliphatic heterocycles. The summed E-state index contributed by atoms with van der Waals surface area (Å²) >= 11 is 6.00. The number of benzene rings is 1. The molecular formula is C13H19ClFNO. The maximum Gasteiger partial charge on any atom is 0.165 e. The fourth-order valence-electron chi connectivity index (χ4n) is 1.52.